The number of phenols is 3. The van der Waals surface area contributed by atoms with Crippen LogP contribution >= 0.6 is 15.9 Å². The van der Waals surface area contributed by atoms with Gasteiger partial charge in [-0.05, 0) is 53.2 Å². The first-order valence-electron chi connectivity index (χ1n) is 14.3. The largest absolute Gasteiger partial charge is 0.507 e. The summed E-state index contributed by atoms with van der Waals surface area (Å²) >= 11 is 3.50. The summed E-state index contributed by atoms with van der Waals surface area (Å²) in [6, 6.07) is 1.56. The molecule has 232 valence electrons. The van der Waals surface area contributed by atoms with Crippen molar-refractivity contribution < 1.29 is 44.1 Å². The molecule has 0 amide bonds. The first kappa shape index (κ1) is 30.3. The molecule has 1 atom stereocenters. The molecule has 3 aromatic rings. The second-order valence-corrected chi connectivity index (χ2v) is 11.9. The molecule has 1 aromatic heterocycles. The van der Waals surface area contributed by atoms with E-state index < -0.39 is 79.4 Å². The zero-order chi connectivity index (χ0) is 32.4. The van der Waals surface area contributed by atoms with Crippen LogP contribution in [0.3, 0.4) is 0 Å². The number of allylic oxidation sites excluding steroid dienone is 2. The molecular formula is C32H27BrN2O10. The number of methoxy groups -OCH3 is 1. The second-order valence-electron chi connectivity index (χ2n) is 11.2. The molecule has 0 radical (unpaired) electrons. The third-order valence-corrected chi connectivity index (χ3v) is 9.62. The van der Waals surface area contributed by atoms with E-state index in [1.54, 1.807) is 6.07 Å². The van der Waals surface area contributed by atoms with Crippen molar-refractivity contribution in [3.63, 3.8) is 0 Å². The second kappa shape index (κ2) is 11.0. The molecule has 45 heavy (non-hydrogen) atoms. The standard InChI is InChI=1S/C32H27BrN2O10/c1-3-4-5-6-9-45-34-12-13-10-15-18(31(43)35-13)28(40)23-14(24(15)33)7-8-32(23)29(41)21-22(30(32)42)27(39)20-19(26(21)38)16(36)11-17(44-2)25(20)37/h10-12,38-40H,3-9H2,1-2H3,(H,35,43)/t32-/m0/s1. The Morgan fingerprint density at radius 3 is 2.33 bits per heavy atom. The fourth-order valence-electron chi connectivity index (χ4n) is 6.61. The van der Waals surface area contributed by atoms with Crippen LogP contribution in [0.25, 0.3) is 10.8 Å². The molecular weight excluding hydrogens is 652 g/mol. The highest BCUT2D eigenvalue weighted by Gasteiger charge is 2.62. The van der Waals surface area contributed by atoms with Gasteiger partial charge in [-0.1, -0.05) is 24.9 Å². The van der Waals surface area contributed by atoms with Gasteiger partial charge in [-0.25, -0.2) is 0 Å². The topological polar surface area (TPSA) is 193 Å². The quantitative estimate of drug-likeness (QED) is 0.0866. The third kappa shape index (κ3) is 4.16. The van der Waals surface area contributed by atoms with E-state index >= 15 is 0 Å². The number of aromatic amines is 1. The maximum Gasteiger partial charge on any atom is 0.260 e. The molecule has 1 heterocycles. The monoisotopic (exact) mass is 678 g/mol. The van der Waals surface area contributed by atoms with Crippen molar-refractivity contribution in [1.29, 1.82) is 0 Å². The van der Waals surface area contributed by atoms with Crippen LogP contribution in [0, 0.1) is 0 Å². The summed E-state index contributed by atoms with van der Waals surface area (Å²) in [5, 5.41) is 37.9. The molecule has 0 saturated carbocycles. The Morgan fingerprint density at radius 2 is 1.67 bits per heavy atom. The Balaban J connectivity index is 1.47. The van der Waals surface area contributed by atoms with E-state index in [9.17, 15) is 39.3 Å². The number of phenolic OH excluding ortho intramolecular Hbond substituents is 3. The molecule has 3 aliphatic carbocycles. The summed E-state index contributed by atoms with van der Waals surface area (Å²) in [4.78, 5) is 75.4. The van der Waals surface area contributed by atoms with Gasteiger partial charge < -0.3 is 29.9 Å². The van der Waals surface area contributed by atoms with Gasteiger partial charge in [0.05, 0.1) is 46.7 Å². The van der Waals surface area contributed by atoms with Crippen LogP contribution in [-0.4, -0.2) is 63.4 Å². The molecule has 2 aromatic carbocycles. The van der Waals surface area contributed by atoms with E-state index in [1.807, 2.05) is 0 Å². The van der Waals surface area contributed by atoms with E-state index in [4.69, 9.17) is 9.57 Å². The van der Waals surface area contributed by atoms with Crippen molar-refractivity contribution in [1.82, 2.24) is 4.98 Å². The lowest BCUT2D eigenvalue weighted by Gasteiger charge is -2.23. The highest BCUT2D eigenvalue weighted by Crippen LogP contribution is 2.58. The summed E-state index contributed by atoms with van der Waals surface area (Å²) in [5.41, 5.74) is -4.94. The summed E-state index contributed by atoms with van der Waals surface area (Å²) in [7, 11) is 1.14. The number of nitrogens with one attached hydrogen (secondary N) is 1. The van der Waals surface area contributed by atoms with Crippen molar-refractivity contribution in [3.05, 3.63) is 71.8 Å². The van der Waals surface area contributed by atoms with Gasteiger partial charge in [0.1, 0.15) is 29.3 Å². The summed E-state index contributed by atoms with van der Waals surface area (Å²) in [6.07, 6.45) is 6.09. The fraction of sp³-hybridized carbons (Fsp3) is 0.312. The van der Waals surface area contributed by atoms with Crippen molar-refractivity contribution in [2.75, 3.05) is 13.7 Å². The number of rotatable bonds is 8. The van der Waals surface area contributed by atoms with E-state index in [0.29, 0.717) is 22.0 Å². The predicted octanol–water partition coefficient (Wildman–Crippen LogP) is 4.51. The minimum absolute atomic E-state index is 0.0937. The van der Waals surface area contributed by atoms with Crippen LogP contribution in [0.15, 0.2) is 32.3 Å². The number of H-pyrrole nitrogens is 1. The first-order chi connectivity index (χ1) is 21.5. The van der Waals surface area contributed by atoms with Crippen LogP contribution in [0.5, 0.6) is 17.2 Å². The summed E-state index contributed by atoms with van der Waals surface area (Å²) in [6.45, 7) is 2.52. The molecule has 0 aliphatic heterocycles. The number of Topliss-reactive ketones (excluding diaryl/α,β-unsaturated/α-hetero) is 3. The van der Waals surface area contributed by atoms with Crippen LogP contribution in [0.4, 0.5) is 0 Å². The maximum atomic E-state index is 14.2. The molecule has 1 spiro atoms. The number of hydrogen-bond donors (Lipinski definition) is 4. The number of carbonyl (C=O) groups is 4. The Kier molecular flexibility index (Phi) is 7.39. The van der Waals surface area contributed by atoms with E-state index in [2.05, 4.69) is 33.0 Å². The number of carbonyl (C=O) groups excluding carboxylic acids is 4. The lowest BCUT2D eigenvalue weighted by atomic mass is 9.76. The van der Waals surface area contributed by atoms with Gasteiger partial charge in [0.25, 0.3) is 5.56 Å². The molecule has 0 unspecified atom stereocenters. The molecule has 13 heteroatoms. The Labute approximate surface area is 263 Å². The summed E-state index contributed by atoms with van der Waals surface area (Å²) in [5.74, 6) is -6.74. The highest BCUT2D eigenvalue weighted by molar-refractivity contribution is 9.10. The molecule has 0 fully saturated rings. The Morgan fingerprint density at radius 1 is 0.978 bits per heavy atom. The lowest BCUT2D eigenvalue weighted by molar-refractivity contribution is 0.0790. The van der Waals surface area contributed by atoms with Gasteiger partial charge in [0.15, 0.2) is 23.1 Å². The third-order valence-electron chi connectivity index (χ3n) is 8.72. The number of unbranched alkanes of at least 4 members (excludes halogenated alkanes) is 3. The van der Waals surface area contributed by atoms with E-state index in [0.717, 1.165) is 38.9 Å². The number of halogens is 1. The zero-order valence-electron chi connectivity index (χ0n) is 24.2. The molecule has 3 aliphatic rings. The first-order valence-corrected chi connectivity index (χ1v) is 15.1. The molecule has 12 nitrogen and oxygen atoms in total. The Hall–Kier alpha value is -4.78. The average molecular weight is 679 g/mol. The number of benzene rings is 2. The molecule has 4 N–H and O–H groups in total. The molecule has 6 rings (SSSR count). The van der Waals surface area contributed by atoms with Crippen molar-refractivity contribution in [2.24, 2.45) is 5.16 Å². The number of pyridine rings is 1. The van der Waals surface area contributed by atoms with Crippen LogP contribution in [0.1, 0.15) is 97.3 Å². The molecule has 0 bridgehead atoms. The number of aromatic hydroxyl groups is 3. The predicted molar refractivity (Wildman–Crippen MR) is 164 cm³/mol. The van der Waals surface area contributed by atoms with Crippen LogP contribution in [0.2, 0.25) is 0 Å². The minimum Gasteiger partial charge on any atom is -0.507 e. The van der Waals surface area contributed by atoms with Crippen molar-refractivity contribution in [2.45, 2.75) is 50.9 Å². The van der Waals surface area contributed by atoms with Gasteiger partial charge in [-0.15, -0.1) is 0 Å². The van der Waals surface area contributed by atoms with Gasteiger partial charge in [0.2, 0.25) is 5.78 Å². The molecule has 0 saturated heterocycles. The lowest BCUT2D eigenvalue weighted by Crippen LogP contribution is -2.36. The fourth-order valence-corrected chi connectivity index (χ4v) is 7.32. The minimum atomic E-state index is -2.14. The number of oxime groups is 1. The normalized spacial score (nSPS) is 18.6. The SMILES string of the molecule is CCCCCCON=Cc1cc2c(Br)c3c(c(O)c2c(=O)[nH]1)[C@@]1(CC3)C(=O)c2c(O)c3c(c(O)c2C1=O)C(=O)C(OC)=CC3=O. The van der Waals surface area contributed by atoms with Crippen LogP contribution in [-0.2, 0) is 21.4 Å². The smallest absolute Gasteiger partial charge is 0.260 e. The van der Waals surface area contributed by atoms with Gasteiger partial charge in [-0.3, -0.25) is 24.0 Å². The van der Waals surface area contributed by atoms with Crippen LogP contribution < -0.4 is 5.56 Å². The zero-order valence-corrected chi connectivity index (χ0v) is 25.8. The summed E-state index contributed by atoms with van der Waals surface area (Å²) < 4.78 is 5.28. The van der Waals surface area contributed by atoms with E-state index in [-0.39, 0.29) is 29.5 Å². The number of ketones is 4. The number of fused-ring (bicyclic) bond motifs is 5. The Bertz CT molecular complexity index is 2010. The van der Waals surface area contributed by atoms with Crippen molar-refractivity contribution >= 4 is 56.0 Å². The van der Waals surface area contributed by atoms with Gasteiger partial charge in [-0.2, -0.15) is 0 Å². The van der Waals surface area contributed by atoms with Gasteiger partial charge >= 0.3 is 0 Å². The average Bonchev–Trinajstić information content (AvgIpc) is 3.52. The number of nitrogens with zero attached hydrogens (tertiary/aromatic N) is 1. The number of ether oxygens (including phenoxy) is 1. The maximum absolute atomic E-state index is 14.2. The van der Waals surface area contributed by atoms with Gasteiger partial charge in [0, 0.05) is 21.5 Å². The number of hydrogen-bond acceptors (Lipinski definition) is 11. The number of aromatic nitrogens is 1. The van der Waals surface area contributed by atoms with Crippen molar-refractivity contribution in [3.8, 4) is 17.2 Å². The highest BCUT2D eigenvalue weighted by atomic mass is 79.9. The van der Waals surface area contributed by atoms with E-state index in [1.165, 1.54) is 6.21 Å².